The number of carbonyl (C=O) groups excluding carboxylic acids is 1. The van der Waals surface area contributed by atoms with Gasteiger partial charge >= 0.3 is 0 Å². The van der Waals surface area contributed by atoms with Crippen molar-refractivity contribution in [2.45, 2.75) is 45.1 Å². The number of hydrogen-bond donors (Lipinski definition) is 2. The van der Waals surface area contributed by atoms with Gasteiger partial charge in [-0.2, -0.15) is 0 Å². The maximum Gasteiger partial charge on any atom is 0.251 e. The molecule has 1 aliphatic rings. The second-order valence-corrected chi connectivity index (χ2v) is 5.46. The van der Waals surface area contributed by atoms with Gasteiger partial charge in [-0.05, 0) is 43.9 Å². The highest BCUT2D eigenvalue weighted by atomic mass is 16.5. The minimum Gasteiger partial charge on any atom is -0.399 e. The van der Waals surface area contributed by atoms with E-state index < -0.39 is 0 Å². The van der Waals surface area contributed by atoms with Crippen molar-refractivity contribution in [3.63, 3.8) is 0 Å². The molecule has 110 valence electrons. The zero-order chi connectivity index (χ0) is 14.4. The minimum absolute atomic E-state index is 0.0596. The first kappa shape index (κ1) is 14.9. The first-order chi connectivity index (χ1) is 9.66. The zero-order valence-electron chi connectivity index (χ0n) is 12.2. The van der Waals surface area contributed by atoms with Crippen molar-refractivity contribution in [1.29, 1.82) is 0 Å². The van der Waals surface area contributed by atoms with Gasteiger partial charge in [0.05, 0.1) is 6.10 Å². The van der Waals surface area contributed by atoms with Crippen molar-refractivity contribution in [3.8, 4) is 0 Å². The van der Waals surface area contributed by atoms with Crippen LogP contribution in [0.1, 0.15) is 48.0 Å². The Balaban J connectivity index is 1.68. The molecule has 0 heterocycles. The highest BCUT2D eigenvalue weighted by molar-refractivity contribution is 5.96. The Labute approximate surface area is 120 Å². The maximum atomic E-state index is 12.0. The first-order valence-electron chi connectivity index (χ1n) is 7.43. The minimum atomic E-state index is -0.0596. The molecule has 0 aromatic heterocycles. The summed E-state index contributed by atoms with van der Waals surface area (Å²) in [7, 11) is 0. The number of aryl methyl sites for hydroxylation is 1. The van der Waals surface area contributed by atoms with Crippen molar-refractivity contribution < 1.29 is 9.53 Å². The molecule has 0 unspecified atom stereocenters. The normalized spacial score (nSPS) is 15.4. The molecule has 20 heavy (non-hydrogen) atoms. The van der Waals surface area contributed by atoms with E-state index in [-0.39, 0.29) is 5.91 Å². The van der Waals surface area contributed by atoms with Gasteiger partial charge in [0.25, 0.3) is 5.91 Å². The Bertz CT molecular complexity index is 454. The van der Waals surface area contributed by atoms with Crippen LogP contribution in [0.5, 0.6) is 0 Å². The lowest BCUT2D eigenvalue weighted by Crippen LogP contribution is -2.26. The van der Waals surface area contributed by atoms with E-state index in [1.807, 2.05) is 19.1 Å². The van der Waals surface area contributed by atoms with Gasteiger partial charge < -0.3 is 15.8 Å². The van der Waals surface area contributed by atoms with Crippen LogP contribution < -0.4 is 11.1 Å². The fraction of sp³-hybridized carbons (Fsp3) is 0.562. The summed E-state index contributed by atoms with van der Waals surface area (Å²) in [6.45, 7) is 3.28. The largest absolute Gasteiger partial charge is 0.399 e. The van der Waals surface area contributed by atoms with Crippen LogP contribution in [0.3, 0.4) is 0 Å². The predicted octanol–water partition coefficient (Wildman–Crippen LogP) is 2.66. The van der Waals surface area contributed by atoms with Crippen LogP contribution in [-0.4, -0.2) is 25.2 Å². The van der Waals surface area contributed by atoms with Crippen LogP contribution in [0.4, 0.5) is 5.69 Å². The number of anilines is 1. The molecular formula is C16H24N2O2. The molecule has 1 amide bonds. The molecule has 3 N–H and O–H groups in total. The Morgan fingerprint density at radius 3 is 2.90 bits per heavy atom. The van der Waals surface area contributed by atoms with Crippen molar-refractivity contribution >= 4 is 11.6 Å². The summed E-state index contributed by atoms with van der Waals surface area (Å²) in [6.07, 6.45) is 6.25. The highest BCUT2D eigenvalue weighted by Gasteiger charge is 2.14. The second kappa shape index (κ2) is 7.29. The number of nitrogens with two attached hydrogens (primary N) is 1. The maximum absolute atomic E-state index is 12.0. The SMILES string of the molecule is Cc1ccc(N)cc1C(=O)NCCCOC1CCCC1. The molecule has 0 aliphatic heterocycles. The fourth-order valence-electron chi connectivity index (χ4n) is 2.56. The molecule has 1 fully saturated rings. The Morgan fingerprint density at radius 2 is 2.15 bits per heavy atom. The molecule has 4 nitrogen and oxygen atoms in total. The topological polar surface area (TPSA) is 64.4 Å². The molecule has 0 bridgehead atoms. The molecule has 0 saturated heterocycles. The van der Waals surface area contributed by atoms with Gasteiger partial charge in [0, 0.05) is 24.4 Å². The fourth-order valence-corrected chi connectivity index (χ4v) is 2.56. The molecule has 0 spiro atoms. The van der Waals surface area contributed by atoms with Crippen molar-refractivity contribution in [2.75, 3.05) is 18.9 Å². The first-order valence-corrected chi connectivity index (χ1v) is 7.43. The van der Waals surface area contributed by atoms with Gasteiger partial charge in [-0.25, -0.2) is 0 Å². The number of hydrogen-bond acceptors (Lipinski definition) is 3. The van der Waals surface area contributed by atoms with Crippen molar-refractivity contribution in [3.05, 3.63) is 29.3 Å². The zero-order valence-corrected chi connectivity index (χ0v) is 12.2. The molecule has 0 radical (unpaired) electrons. The van der Waals surface area contributed by atoms with E-state index in [0.717, 1.165) is 18.6 Å². The number of carbonyl (C=O) groups is 1. The van der Waals surface area contributed by atoms with E-state index in [1.54, 1.807) is 6.07 Å². The lowest BCUT2D eigenvalue weighted by Gasteiger charge is -2.11. The van der Waals surface area contributed by atoms with E-state index in [9.17, 15) is 4.79 Å². The van der Waals surface area contributed by atoms with Crippen LogP contribution in [0.2, 0.25) is 0 Å². The summed E-state index contributed by atoms with van der Waals surface area (Å²) in [5.41, 5.74) is 7.93. The van der Waals surface area contributed by atoms with E-state index in [1.165, 1.54) is 25.7 Å². The predicted molar refractivity (Wildman–Crippen MR) is 80.7 cm³/mol. The van der Waals surface area contributed by atoms with E-state index in [2.05, 4.69) is 5.32 Å². The summed E-state index contributed by atoms with van der Waals surface area (Å²) >= 11 is 0. The second-order valence-electron chi connectivity index (χ2n) is 5.46. The van der Waals surface area contributed by atoms with Gasteiger partial charge in [-0.15, -0.1) is 0 Å². The van der Waals surface area contributed by atoms with Gasteiger partial charge in [-0.1, -0.05) is 18.9 Å². The Kier molecular flexibility index (Phi) is 5.41. The molecular weight excluding hydrogens is 252 g/mol. The lowest BCUT2D eigenvalue weighted by atomic mass is 10.1. The van der Waals surface area contributed by atoms with E-state index in [0.29, 0.717) is 23.9 Å². The number of rotatable bonds is 6. The van der Waals surface area contributed by atoms with Crippen LogP contribution in [0, 0.1) is 6.92 Å². The summed E-state index contributed by atoms with van der Waals surface area (Å²) in [5.74, 6) is -0.0596. The van der Waals surface area contributed by atoms with Crippen LogP contribution in [0.15, 0.2) is 18.2 Å². The quantitative estimate of drug-likeness (QED) is 0.620. The van der Waals surface area contributed by atoms with Crippen molar-refractivity contribution in [1.82, 2.24) is 5.32 Å². The molecule has 4 heteroatoms. The Morgan fingerprint density at radius 1 is 1.40 bits per heavy atom. The Hall–Kier alpha value is -1.55. The number of nitrogen functional groups attached to an aromatic ring is 1. The van der Waals surface area contributed by atoms with Gasteiger partial charge in [0.1, 0.15) is 0 Å². The number of nitrogens with one attached hydrogen (secondary N) is 1. The molecule has 1 saturated carbocycles. The van der Waals surface area contributed by atoms with E-state index in [4.69, 9.17) is 10.5 Å². The monoisotopic (exact) mass is 276 g/mol. The molecule has 1 aliphatic carbocycles. The van der Waals surface area contributed by atoms with E-state index >= 15 is 0 Å². The van der Waals surface area contributed by atoms with Crippen LogP contribution in [-0.2, 0) is 4.74 Å². The molecule has 2 rings (SSSR count). The number of benzene rings is 1. The summed E-state index contributed by atoms with van der Waals surface area (Å²) in [5, 5.41) is 2.92. The highest BCUT2D eigenvalue weighted by Crippen LogP contribution is 2.20. The molecule has 0 atom stereocenters. The average Bonchev–Trinajstić information content (AvgIpc) is 2.94. The smallest absolute Gasteiger partial charge is 0.251 e. The van der Waals surface area contributed by atoms with Gasteiger partial charge in [0.2, 0.25) is 0 Å². The summed E-state index contributed by atoms with van der Waals surface area (Å²) in [4.78, 5) is 12.0. The third-order valence-electron chi connectivity index (χ3n) is 3.77. The average molecular weight is 276 g/mol. The number of ether oxygens (including phenoxy) is 1. The standard InChI is InChI=1S/C16H24N2O2/c1-12-7-8-13(17)11-15(12)16(19)18-9-4-10-20-14-5-2-3-6-14/h7-8,11,14H,2-6,9-10,17H2,1H3,(H,18,19). The molecule has 1 aromatic carbocycles. The van der Waals surface area contributed by atoms with Crippen LogP contribution >= 0.6 is 0 Å². The third-order valence-corrected chi connectivity index (χ3v) is 3.77. The van der Waals surface area contributed by atoms with Gasteiger partial charge in [-0.3, -0.25) is 4.79 Å². The summed E-state index contributed by atoms with van der Waals surface area (Å²) in [6, 6.07) is 5.40. The molecule has 1 aromatic rings. The summed E-state index contributed by atoms with van der Waals surface area (Å²) < 4.78 is 5.76. The van der Waals surface area contributed by atoms with Crippen molar-refractivity contribution in [2.24, 2.45) is 0 Å². The lowest BCUT2D eigenvalue weighted by molar-refractivity contribution is 0.0565. The number of amides is 1. The van der Waals surface area contributed by atoms with Gasteiger partial charge in [0.15, 0.2) is 0 Å². The third kappa shape index (κ3) is 4.23. The van der Waals surface area contributed by atoms with Crippen LogP contribution in [0.25, 0.3) is 0 Å².